The molecule has 5 nitrogen and oxygen atoms in total. The Bertz CT molecular complexity index is 1430. The molecule has 0 aromatic heterocycles. The van der Waals surface area contributed by atoms with Gasteiger partial charge < -0.3 is 15.2 Å². The van der Waals surface area contributed by atoms with Crippen molar-refractivity contribution in [1.82, 2.24) is 0 Å². The first-order valence-electron chi connectivity index (χ1n) is 13.1. The summed E-state index contributed by atoms with van der Waals surface area (Å²) in [4.78, 5) is 25.1. The van der Waals surface area contributed by atoms with Crippen LogP contribution in [0.25, 0.3) is 11.1 Å². The molecule has 1 aliphatic rings. The summed E-state index contributed by atoms with van der Waals surface area (Å²) < 4.78 is 19.7. The Hall–Kier alpha value is -4.45. The van der Waals surface area contributed by atoms with Crippen molar-refractivity contribution in [1.29, 1.82) is 0 Å². The normalized spacial score (nSPS) is 14.9. The van der Waals surface area contributed by atoms with Crippen LogP contribution in [0.3, 0.4) is 0 Å². The Morgan fingerprint density at radius 2 is 1.49 bits per heavy atom. The first kappa shape index (κ1) is 26.2. The number of nitrogens with one attached hydrogen (secondary N) is 1. The topological polar surface area (TPSA) is 75.6 Å². The number of benzene rings is 4. The minimum atomic E-state index is -1.02. The number of carbonyl (C=O) groups excluding carboxylic acids is 1. The van der Waals surface area contributed by atoms with E-state index in [1.165, 1.54) is 12.1 Å². The SMILES string of the molecule is O=C(O)[C@@H](Cc1ccccc1)Oc1ccc(-c2ccc(NC(=O)C3(c4cccc(F)c4)CCCC3)cc2)cc1. The van der Waals surface area contributed by atoms with Crippen LogP contribution in [0.5, 0.6) is 5.75 Å². The maximum atomic E-state index is 13.9. The maximum Gasteiger partial charge on any atom is 0.345 e. The molecule has 1 aliphatic carbocycles. The van der Waals surface area contributed by atoms with Gasteiger partial charge in [-0.15, -0.1) is 0 Å². The molecule has 198 valence electrons. The molecular weight excluding hydrogens is 493 g/mol. The molecule has 4 aromatic carbocycles. The summed E-state index contributed by atoms with van der Waals surface area (Å²) in [5.41, 5.74) is 3.46. The van der Waals surface area contributed by atoms with Gasteiger partial charge in [-0.05, 0) is 71.5 Å². The number of aliphatic carboxylic acids is 1. The fourth-order valence-electron chi connectivity index (χ4n) is 5.31. The van der Waals surface area contributed by atoms with E-state index in [4.69, 9.17) is 4.74 Å². The Balaban J connectivity index is 1.25. The molecule has 0 aliphatic heterocycles. The maximum absolute atomic E-state index is 13.9. The van der Waals surface area contributed by atoms with E-state index in [0.29, 0.717) is 24.3 Å². The smallest absolute Gasteiger partial charge is 0.345 e. The molecule has 0 bridgehead atoms. The van der Waals surface area contributed by atoms with Gasteiger partial charge in [-0.3, -0.25) is 4.79 Å². The van der Waals surface area contributed by atoms with Crippen molar-refractivity contribution in [3.63, 3.8) is 0 Å². The van der Waals surface area contributed by atoms with Crippen LogP contribution in [0, 0.1) is 5.82 Å². The number of hydrogen-bond acceptors (Lipinski definition) is 3. The fourth-order valence-corrected chi connectivity index (χ4v) is 5.31. The average molecular weight is 524 g/mol. The largest absolute Gasteiger partial charge is 0.478 e. The zero-order chi connectivity index (χ0) is 27.2. The first-order chi connectivity index (χ1) is 18.9. The van der Waals surface area contributed by atoms with E-state index < -0.39 is 17.5 Å². The molecule has 4 aromatic rings. The van der Waals surface area contributed by atoms with Crippen LogP contribution in [0.1, 0.15) is 36.8 Å². The van der Waals surface area contributed by atoms with Crippen LogP contribution in [0.15, 0.2) is 103 Å². The van der Waals surface area contributed by atoms with E-state index in [9.17, 15) is 19.1 Å². The Morgan fingerprint density at radius 3 is 2.10 bits per heavy atom. The lowest BCUT2D eigenvalue weighted by atomic mass is 9.78. The van der Waals surface area contributed by atoms with Gasteiger partial charge in [-0.1, -0.05) is 79.6 Å². The van der Waals surface area contributed by atoms with Crippen molar-refractivity contribution in [2.75, 3.05) is 5.32 Å². The highest BCUT2D eigenvalue weighted by Gasteiger charge is 2.42. The second-order valence-corrected chi connectivity index (χ2v) is 9.99. The van der Waals surface area contributed by atoms with E-state index >= 15 is 0 Å². The molecule has 2 N–H and O–H groups in total. The molecule has 1 atom stereocenters. The molecular formula is C33H30FNO4. The number of carboxylic acids is 1. The van der Waals surface area contributed by atoms with Crippen molar-refractivity contribution in [2.24, 2.45) is 0 Å². The average Bonchev–Trinajstić information content (AvgIpc) is 3.46. The molecule has 5 rings (SSSR count). The van der Waals surface area contributed by atoms with Crippen LogP contribution < -0.4 is 10.1 Å². The van der Waals surface area contributed by atoms with Gasteiger partial charge in [0.25, 0.3) is 0 Å². The predicted octanol–water partition coefficient (Wildman–Crippen LogP) is 7.02. The molecule has 0 unspecified atom stereocenters. The first-order valence-corrected chi connectivity index (χ1v) is 13.1. The fraction of sp³-hybridized carbons (Fsp3) is 0.212. The van der Waals surface area contributed by atoms with E-state index in [1.807, 2.05) is 72.8 Å². The molecule has 1 saturated carbocycles. The van der Waals surface area contributed by atoms with Gasteiger partial charge in [0.05, 0.1) is 5.41 Å². The molecule has 6 heteroatoms. The summed E-state index contributed by atoms with van der Waals surface area (Å²) in [6, 6.07) is 30.6. The van der Waals surface area contributed by atoms with Gasteiger partial charge in [0.1, 0.15) is 11.6 Å². The van der Waals surface area contributed by atoms with Crippen LogP contribution in [0.2, 0.25) is 0 Å². The molecule has 0 saturated heterocycles. The van der Waals surface area contributed by atoms with E-state index in [2.05, 4.69) is 5.32 Å². The molecule has 0 heterocycles. The molecule has 0 radical (unpaired) electrons. The zero-order valence-corrected chi connectivity index (χ0v) is 21.5. The summed E-state index contributed by atoms with van der Waals surface area (Å²) in [5, 5.41) is 12.7. The van der Waals surface area contributed by atoms with E-state index in [1.54, 1.807) is 18.2 Å². The van der Waals surface area contributed by atoms with Gasteiger partial charge in [-0.2, -0.15) is 0 Å². The zero-order valence-electron chi connectivity index (χ0n) is 21.5. The van der Waals surface area contributed by atoms with Crippen molar-refractivity contribution >= 4 is 17.6 Å². The Kier molecular flexibility index (Phi) is 7.73. The highest BCUT2D eigenvalue weighted by Crippen LogP contribution is 2.42. The van der Waals surface area contributed by atoms with Gasteiger partial charge in [0.2, 0.25) is 5.91 Å². The summed E-state index contributed by atoms with van der Waals surface area (Å²) >= 11 is 0. The minimum Gasteiger partial charge on any atom is -0.478 e. The summed E-state index contributed by atoms with van der Waals surface area (Å²) in [6.07, 6.45) is 2.54. The number of hydrogen-bond donors (Lipinski definition) is 2. The number of carboxylic acid groups (broad SMARTS) is 1. The van der Waals surface area contributed by atoms with Gasteiger partial charge in [0, 0.05) is 12.1 Å². The number of ether oxygens (including phenoxy) is 1. The number of carbonyl (C=O) groups is 2. The third-order valence-electron chi connectivity index (χ3n) is 7.42. The summed E-state index contributed by atoms with van der Waals surface area (Å²) in [6.45, 7) is 0. The number of amides is 1. The van der Waals surface area contributed by atoms with Crippen LogP contribution in [-0.2, 0) is 21.4 Å². The van der Waals surface area contributed by atoms with Crippen molar-refractivity contribution in [3.8, 4) is 16.9 Å². The Morgan fingerprint density at radius 1 is 0.846 bits per heavy atom. The van der Waals surface area contributed by atoms with Gasteiger partial charge in [-0.25, -0.2) is 9.18 Å². The quantitative estimate of drug-likeness (QED) is 0.247. The highest BCUT2D eigenvalue weighted by atomic mass is 19.1. The summed E-state index contributed by atoms with van der Waals surface area (Å²) in [7, 11) is 0. The number of rotatable bonds is 9. The summed E-state index contributed by atoms with van der Waals surface area (Å²) in [5.74, 6) is -0.979. The van der Waals surface area contributed by atoms with Crippen LogP contribution >= 0.6 is 0 Å². The van der Waals surface area contributed by atoms with Crippen molar-refractivity contribution in [2.45, 2.75) is 43.6 Å². The predicted molar refractivity (Wildman–Crippen MR) is 149 cm³/mol. The number of anilines is 1. The number of halogens is 1. The van der Waals surface area contributed by atoms with Crippen molar-refractivity contribution in [3.05, 3.63) is 120 Å². The van der Waals surface area contributed by atoms with Crippen molar-refractivity contribution < 1.29 is 23.8 Å². The lowest BCUT2D eigenvalue weighted by molar-refractivity contribution is -0.145. The lowest BCUT2D eigenvalue weighted by Crippen LogP contribution is -2.38. The third-order valence-corrected chi connectivity index (χ3v) is 7.42. The molecule has 1 amide bonds. The highest BCUT2D eigenvalue weighted by molar-refractivity contribution is 5.99. The molecule has 39 heavy (non-hydrogen) atoms. The van der Waals surface area contributed by atoms with Crippen LogP contribution in [0.4, 0.5) is 10.1 Å². The molecule has 1 fully saturated rings. The van der Waals surface area contributed by atoms with Gasteiger partial charge >= 0.3 is 5.97 Å². The minimum absolute atomic E-state index is 0.108. The second-order valence-electron chi connectivity index (χ2n) is 9.99. The van der Waals surface area contributed by atoms with E-state index in [0.717, 1.165) is 35.1 Å². The molecule has 0 spiro atoms. The monoisotopic (exact) mass is 523 g/mol. The second kappa shape index (κ2) is 11.5. The standard InChI is InChI=1S/C33H30FNO4/c34-27-10-6-9-26(22-27)33(19-4-5-20-33)32(38)35-28-15-11-24(12-16-28)25-13-17-29(18-14-25)39-30(31(36)37)21-23-7-2-1-3-8-23/h1-3,6-18,22,30H,4-5,19-21H2,(H,35,38)(H,36,37)/t30-/m1/s1. The van der Waals surface area contributed by atoms with Crippen LogP contribution in [-0.4, -0.2) is 23.1 Å². The van der Waals surface area contributed by atoms with Gasteiger partial charge in [0.15, 0.2) is 6.10 Å². The lowest BCUT2D eigenvalue weighted by Gasteiger charge is -2.28. The Labute approximate surface area is 227 Å². The van der Waals surface area contributed by atoms with E-state index in [-0.39, 0.29) is 18.1 Å². The third kappa shape index (κ3) is 6.01.